The van der Waals surface area contributed by atoms with Crippen molar-refractivity contribution in [2.45, 2.75) is 19.4 Å². The molecular weight excluding hydrogens is 319 g/mol. The van der Waals surface area contributed by atoms with E-state index in [0.29, 0.717) is 5.56 Å². The van der Waals surface area contributed by atoms with Crippen LogP contribution < -0.4 is 0 Å². The van der Waals surface area contributed by atoms with E-state index in [1.54, 1.807) is 0 Å². The molecule has 1 aromatic carbocycles. The first-order valence-electron chi connectivity index (χ1n) is 7.12. The molecule has 0 radical (unpaired) electrons. The van der Waals surface area contributed by atoms with Crippen LogP contribution in [-0.4, -0.2) is 39.8 Å². The van der Waals surface area contributed by atoms with E-state index >= 15 is 0 Å². The highest BCUT2D eigenvalue weighted by atomic mass is 19.1. The van der Waals surface area contributed by atoms with E-state index in [2.05, 4.69) is 15.2 Å². The van der Waals surface area contributed by atoms with Crippen LogP contribution in [0.3, 0.4) is 0 Å². The van der Waals surface area contributed by atoms with Gasteiger partial charge in [-0.05, 0) is 24.3 Å². The Balaban J connectivity index is 1.61. The minimum atomic E-state index is -0.643. The van der Waals surface area contributed by atoms with Gasteiger partial charge in [0.2, 0.25) is 11.7 Å². The second-order valence-electron chi connectivity index (χ2n) is 5.06. The van der Waals surface area contributed by atoms with Crippen LogP contribution >= 0.6 is 0 Å². The van der Waals surface area contributed by atoms with Crippen molar-refractivity contribution in [3.8, 4) is 11.4 Å². The summed E-state index contributed by atoms with van der Waals surface area (Å²) < 4.78 is 22.9. The normalized spacial score (nSPS) is 14.5. The van der Waals surface area contributed by atoms with E-state index in [1.807, 2.05) is 0 Å². The molecule has 2 heterocycles. The Morgan fingerprint density at radius 1 is 1.33 bits per heavy atom. The molecule has 0 fully saturated rings. The highest BCUT2D eigenvalue weighted by Crippen LogP contribution is 2.16. The second-order valence-corrected chi connectivity index (χ2v) is 5.06. The number of hydrazone groups is 1. The highest BCUT2D eigenvalue weighted by molar-refractivity contribution is 6.37. The predicted octanol–water partition coefficient (Wildman–Crippen LogP) is 1.53. The lowest BCUT2D eigenvalue weighted by Crippen LogP contribution is -2.32. The molecule has 8 nitrogen and oxygen atoms in total. The van der Waals surface area contributed by atoms with Crippen LogP contribution in [0.5, 0.6) is 0 Å². The summed E-state index contributed by atoms with van der Waals surface area (Å²) in [5, 5.41) is 8.72. The van der Waals surface area contributed by atoms with E-state index in [-0.39, 0.29) is 48.6 Å². The number of amides is 1. The molecule has 2 aromatic rings. The number of carbonyl (C=O) groups is 2. The van der Waals surface area contributed by atoms with Crippen molar-refractivity contribution >= 4 is 17.6 Å². The van der Waals surface area contributed by atoms with Gasteiger partial charge >= 0.3 is 5.97 Å². The molecule has 0 atom stereocenters. The fourth-order valence-corrected chi connectivity index (χ4v) is 2.06. The second kappa shape index (κ2) is 6.57. The molecular formula is C15H13FN4O4. The smallest absolute Gasteiger partial charge is 0.355 e. The number of benzene rings is 1. The molecule has 1 aromatic heterocycles. The van der Waals surface area contributed by atoms with E-state index in [1.165, 1.54) is 31.3 Å². The zero-order valence-electron chi connectivity index (χ0n) is 12.7. The Labute approximate surface area is 135 Å². The van der Waals surface area contributed by atoms with Crippen LogP contribution in [0, 0.1) is 5.82 Å². The molecule has 0 spiro atoms. The monoisotopic (exact) mass is 332 g/mol. The number of rotatable bonds is 4. The summed E-state index contributed by atoms with van der Waals surface area (Å²) in [6.45, 7) is -0.219. The lowest BCUT2D eigenvalue weighted by molar-refractivity contribution is -0.138. The zero-order chi connectivity index (χ0) is 17.1. The van der Waals surface area contributed by atoms with Crippen molar-refractivity contribution in [3.63, 3.8) is 0 Å². The van der Waals surface area contributed by atoms with E-state index < -0.39 is 5.97 Å². The maximum absolute atomic E-state index is 12.9. The standard InChI is InChI=1S/C15H13FN4O4/c1-20-13(21)7-6-11(18-20)15(22)23-8-12-17-14(19-24-12)9-2-4-10(16)5-3-9/h2-5H,6-8H2,1H3. The van der Waals surface area contributed by atoms with Gasteiger partial charge < -0.3 is 9.26 Å². The number of hydrogen-bond donors (Lipinski definition) is 0. The maximum Gasteiger partial charge on any atom is 0.355 e. The highest BCUT2D eigenvalue weighted by Gasteiger charge is 2.23. The van der Waals surface area contributed by atoms with E-state index in [0.717, 1.165) is 5.01 Å². The molecule has 24 heavy (non-hydrogen) atoms. The van der Waals surface area contributed by atoms with E-state index in [4.69, 9.17) is 9.26 Å². The number of aromatic nitrogens is 2. The molecule has 0 aliphatic carbocycles. The fraction of sp³-hybridized carbons (Fsp3) is 0.267. The largest absolute Gasteiger partial charge is 0.451 e. The average molecular weight is 332 g/mol. The summed E-state index contributed by atoms with van der Waals surface area (Å²) in [5.41, 5.74) is 0.741. The number of carbonyl (C=O) groups excluding carboxylic acids is 2. The Hall–Kier alpha value is -3.10. The number of ether oxygens (including phenoxy) is 1. The molecule has 1 aliphatic heterocycles. The summed E-state index contributed by atoms with van der Waals surface area (Å²) in [6.07, 6.45) is 0.437. The first-order valence-corrected chi connectivity index (χ1v) is 7.12. The minimum absolute atomic E-state index is 0.100. The minimum Gasteiger partial charge on any atom is -0.451 e. The SMILES string of the molecule is CN1N=C(C(=O)OCc2nc(-c3ccc(F)cc3)no2)CCC1=O. The van der Waals surface area contributed by atoms with Crippen LogP contribution in [0.1, 0.15) is 18.7 Å². The van der Waals surface area contributed by atoms with Crippen LogP contribution in [-0.2, 0) is 20.9 Å². The molecule has 0 saturated carbocycles. The Kier molecular flexibility index (Phi) is 4.32. The Morgan fingerprint density at radius 2 is 2.08 bits per heavy atom. The predicted molar refractivity (Wildman–Crippen MR) is 78.9 cm³/mol. The third-order valence-electron chi connectivity index (χ3n) is 3.34. The summed E-state index contributed by atoms with van der Waals surface area (Å²) in [4.78, 5) is 27.3. The zero-order valence-corrected chi connectivity index (χ0v) is 12.7. The lowest BCUT2D eigenvalue weighted by atomic mass is 10.2. The molecule has 0 bridgehead atoms. The lowest BCUT2D eigenvalue weighted by Gasteiger charge is -2.18. The van der Waals surface area contributed by atoms with Crippen molar-refractivity contribution in [2.24, 2.45) is 5.10 Å². The number of halogens is 1. The van der Waals surface area contributed by atoms with Crippen molar-refractivity contribution in [1.29, 1.82) is 0 Å². The Morgan fingerprint density at radius 3 is 2.79 bits per heavy atom. The van der Waals surface area contributed by atoms with Gasteiger partial charge in [0.15, 0.2) is 6.61 Å². The molecule has 3 rings (SSSR count). The first-order chi connectivity index (χ1) is 11.5. The summed E-state index contributed by atoms with van der Waals surface area (Å²) in [6, 6.07) is 5.59. The first kappa shape index (κ1) is 15.8. The van der Waals surface area contributed by atoms with Gasteiger partial charge in [0.1, 0.15) is 11.5 Å². The Bertz CT molecular complexity index is 800. The van der Waals surface area contributed by atoms with Gasteiger partial charge in [-0.15, -0.1) is 0 Å². The molecule has 0 unspecified atom stereocenters. The van der Waals surface area contributed by atoms with Gasteiger partial charge in [-0.25, -0.2) is 14.2 Å². The van der Waals surface area contributed by atoms with Crippen molar-refractivity contribution in [1.82, 2.24) is 15.1 Å². The van der Waals surface area contributed by atoms with Crippen molar-refractivity contribution < 1.29 is 23.2 Å². The quantitative estimate of drug-likeness (QED) is 0.788. The van der Waals surface area contributed by atoms with Gasteiger partial charge in [0.25, 0.3) is 5.89 Å². The van der Waals surface area contributed by atoms with Crippen LogP contribution in [0.15, 0.2) is 33.9 Å². The summed E-state index contributed by atoms with van der Waals surface area (Å²) in [5.74, 6) is -0.804. The molecule has 1 amide bonds. The van der Waals surface area contributed by atoms with E-state index in [9.17, 15) is 14.0 Å². The third-order valence-corrected chi connectivity index (χ3v) is 3.34. The van der Waals surface area contributed by atoms with Crippen LogP contribution in [0.2, 0.25) is 0 Å². The molecule has 1 aliphatic rings. The van der Waals surface area contributed by atoms with Crippen molar-refractivity contribution in [3.05, 3.63) is 36.0 Å². The fourth-order valence-electron chi connectivity index (χ4n) is 2.06. The maximum atomic E-state index is 12.9. The molecule has 124 valence electrons. The van der Waals surface area contributed by atoms with Gasteiger partial charge in [0, 0.05) is 25.5 Å². The number of esters is 1. The van der Waals surface area contributed by atoms with Crippen LogP contribution in [0.25, 0.3) is 11.4 Å². The van der Waals surface area contributed by atoms with Gasteiger partial charge in [-0.3, -0.25) is 4.79 Å². The topological polar surface area (TPSA) is 97.9 Å². The molecule has 0 saturated heterocycles. The third kappa shape index (κ3) is 3.45. The average Bonchev–Trinajstić information content (AvgIpc) is 3.05. The number of nitrogens with zero attached hydrogens (tertiary/aromatic N) is 4. The molecule has 0 N–H and O–H groups in total. The van der Waals surface area contributed by atoms with Gasteiger partial charge in [-0.2, -0.15) is 10.1 Å². The van der Waals surface area contributed by atoms with Crippen LogP contribution in [0.4, 0.5) is 4.39 Å². The van der Waals surface area contributed by atoms with Crippen molar-refractivity contribution in [2.75, 3.05) is 7.05 Å². The number of hydrogen-bond acceptors (Lipinski definition) is 7. The summed E-state index contributed by atoms with van der Waals surface area (Å²) >= 11 is 0. The molecule has 9 heteroatoms. The summed E-state index contributed by atoms with van der Waals surface area (Å²) in [7, 11) is 1.47. The van der Waals surface area contributed by atoms with Gasteiger partial charge in [-0.1, -0.05) is 5.16 Å². The van der Waals surface area contributed by atoms with Gasteiger partial charge in [0.05, 0.1) is 0 Å².